The van der Waals surface area contributed by atoms with Gasteiger partial charge in [-0.3, -0.25) is 0 Å². The van der Waals surface area contributed by atoms with E-state index in [1.54, 1.807) is 0 Å². The molecule has 1 aliphatic rings. The van der Waals surface area contributed by atoms with Crippen molar-refractivity contribution < 1.29 is 0 Å². The molecule has 0 amide bonds. The Kier molecular flexibility index (Phi) is 7.06. The summed E-state index contributed by atoms with van der Waals surface area (Å²) in [4.78, 5) is 0. The van der Waals surface area contributed by atoms with Crippen molar-refractivity contribution in [3.05, 3.63) is 0 Å². The van der Waals surface area contributed by atoms with Crippen molar-refractivity contribution in [2.75, 3.05) is 26.2 Å². The summed E-state index contributed by atoms with van der Waals surface area (Å²) >= 11 is 0. The van der Waals surface area contributed by atoms with Crippen molar-refractivity contribution in [2.24, 2.45) is 5.41 Å². The van der Waals surface area contributed by atoms with Crippen molar-refractivity contribution in [1.82, 2.24) is 10.6 Å². The summed E-state index contributed by atoms with van der Waals surface area (Å²) in [5.41, 5.74) is 0.516. The molecular formula is C14H30N2. The van der Waals surface area contributed by atoms with Gasteiger partial charge in [0.1, 0.15) is 0 Å². The molecule has 0 aromatic carbocycles. The van der Waals surface area contributed by atoms with E-state index in [9.17, 15) is 0 Å². The van der Waals surface area contributed by atoms with Gasteiger partial charge in [0.25, 0.3) is 0 Å². The first-order valence-electron chi connectivity index (χ1n) is 7.18. The molecule has 2 nitrogen and oxygen atoms in total. The van der Waals surface area contributed by atoms with Crippen LogP contribution in [0.3, 0.4) is 0 Å². The first-order valence-corrected chi connectivity index (χ1v) is 7.18. The molecule has 2 heteroatoms. The largest absolute Gasteiger partial charge is 0.316 e. The molecule has 0 saturated carbocycles. The highest BCUT2D eigenvalue weighted by atomic mass is 15.0. The number of rotatable bonds is 9. The summed E-state index contributed by atoms with van der Waals surface area (Å²) in [6.45, 7) is 9.46. The van der Waals surface area contributed by atoms with Crippen molar-refractivity contribution >= 4 is 0 Å². The first-order chi connectivity index (χ1) is 7.77. The smallest absolute Gasteiger partial charge is 0.00178 e. The van der Waals surface area contributed by atoms with Crippen LogP contribution in [-0.2, 0) is 0 Å². The van der Waals surface area contributed by atoms with Crippen LogP contribution >= 0.6 is 0 Å². The monoisotopic (exact) mass is 226 g/mol. The highest BCUT2D eigenvalue weighted by Crippen LogP contribution is 2.22. The summed E-state index contributed by atoms with van der Waals surface area (Å²) in [6, 6.07) is 0. The molecule has 1 aliphatic heterocycles. The Morgan fingerprint density at radius 3 is 2.56 bits per heavy atom. The quantitative estimate of drug-likeness (QED) is 0.591. The van der Waals surface area contributed by atoms with Crippen LogP contribution in [0.15, 0.2) is 0 Å². The lowest BCUT2D eigenvalue weighted by Gasteiger charge is -2.22. The van der Waals surface area contributed by atoms with Gasteiger partial charge in [0.15, 0.2) is 0 Å². The van der Waals surface area contributed by atoms with Gasteiger partial charge in [-0.25, -0.2) is 0 Å². The van der Waals surface area contributed by atoms with Crippen LogP contribution in [0.4, 0.5) is 0 Å². The SMILES string of the molecule is CCCCCCCCNCC1(C)CCNC1. The highest BCUT2D eigenvalue weighted by molar-refractivity contribution is 4.85. The molecule has 1 atom stereocenters. The number of hydrogen-bond donors (Lipinski definition) is 2. The molecule has 1 unspecified atom stereocenters. The summed E-state index contributed by atoms with van der Waals surface area (Å²) in [5.74, 6) is 0. The van der Waals surface area contributed by atoms with Crippen LogP contribution in [0.2, 0.25) is 0 Å². The highest BCUT2D eigenvalue weighted by Gasteiger charge is 2.27. The Labute approximate surface area is 102 Å². The summed E-state index contributed by atoms with van der Waals surface area (Å²) < 4.78 is 0. The van der Waals surface area contributed by atoms with Crippen LogP contribution in [0.5, 0.6) is 0 Å². The molecule has 1 fully saturated rings. The summed E-state index contributed by atoms with van der Waals surface area (Å²) in [6.07, 6.45) is 9.71. The average Bonchev–Trinajstić information content (AvgIpc) is 2.70. The summed E-state index contributed by atoms with van der Waals surface area (Å²) in [7, 11) is 0. The molecule has 0 aromatic heterocycles. The zero-order valence-electron chi connectivity index (χ0n) is 11.3. The lowest BCUT2D eigenvalue weighted by Crippen LogP contribution is -2.34. The summed E-state index contributed by atoms with van der Waals surface area (Å²) in [5, 5.41) is 7.07. The van der Waals surface area contributed by atoms with Gasteiger partial charge in [-0.2, -0.15) is 0 Å². The number of hydrogen-bond acceptors (Lipinski definition) is 2. The zero-order valence-corrected chi connectivity index (χ0v) is 11.3. The minimum atomic E-state index is 0.516. The molecule has 1 heterocycles. The van der Waals surface area contributed by atoms with Crippen LogP contribution in [0.25, 0.3) is 0 Å². The predicted molar refractivity (Wildman–Crippen MR) is 71.8 cm³/mol. The van der Waals surface area contributed by atoms with Gasteiger partial charge in [0, 0.05) is 13.1 Å². The molecule has 0 spiro atoms. The fraction of sp³-hybridized carbons (Fsp3) is 1.00. The fourth-order valence-corrected chi connectivity index (χ4v) is 2.44. The molecule has 0 bridgehead atoms. The average molecular weight is 226 g/mol. The van der Waals surface area contributed by atoms with Crippen molar-refractivity contribution in [1.29, 1.82) is 0 Å². The van der Waals surface area contributed by atoms with Gasteiger partial charge in [0.2, 0.25) is 0 Å². The van der Waals surface area contributed by atoms with E-state index in [1.165, 1.54) is 71.1 Å². The maximum atomic E-state index is 3.62. The molecule has 0 aliphatic carbocycles. The van der Waals surface area contributed by atoms with E-state index in [2.05, 4.69) is 24.5 Å². The first kappa shape index (κ1) is 14.0. The molecule has 0 radical (unpaired) electrons. The zero-order chi connectivity index (χ0) is 11.7. The van der Waals surface area contributed by atoms with Crippen molar-refractivity contribution in [2.45, 2.75) is 58.8 Å². The van der Waals surface area contributed by atoms with Gasteiger partial charge >= 0.3 is 0 Å². The maximum Gasteiger partial charge on any atom is 0.00178 e. The lowest BCUT2D eigenvalue weighted by atomic mass is 9.90. The number of unbranched alkanes of at least 4 members (excludes halogenated alkanes) is 5. The third kappa shape index (κ3) is 5.86. The van der Waals surface area contributed by atoms with E-state index in [4.69, 9.17) is 0 Å². The second-order valence-electron chi connectivity index (χ2n) is 5.68. The third-order valence-electron chi connectivity index (χ3n) is 3.72. The van der Waals surface area contributed by atoms with Crippen LogP contribution < -0.4 is 10.6 Å². The number of nitrogens with one attached hydrogen (secondary N) is 2. The molecule has 2 N–H and O–H groups in total. The molecule has 16 heavy (non-hydrogen) atoms. The Balaban J connectivity index is 1.84. The standard InChI is InChI=1S/C14H30N2/c1-3-4-5-6-7-8-10-15-12-14(2)9-11-16-13-14/h15-16H,3-13H2,1-2H3. The molecule has 96 valence electrons. The van der Waals surface area contributed by atoms with Crippen molar-refractivity contribution in [3.63, 3.8) is 0 Å². The third-order valence-corrected chi connectivity index (χ3v) is 3.72. The minimum absolute atomic E-state index is 0.516. The Hall–Kier alpha value is -0.0800. The van der Waals surface area contributed by atoms with E-state index in [-0.39, 0.29) is 0 Å². The van der Waals surface area contributed by atoms with Gasteiger partial charge in [0.05, 0.1) is 0 Å². The van der Waals surface area contributed by atoms with Crippen LogP contribution in [0, 0.1) is 5.41 Å². The van der Waals surface area contributed by atoms with E-state index >= 15 is 0 Å². The second kappa shape index (κ2) is 8.08. The topological polar surface area (TPSA) is 24.1 Å². The normalized spacial score (nSPS) is 25.1. The fourth-order valence-electron chi connectivity index (χ4n) is 2.44. The molecular weight excluding hydrogens is 196 g/mol. The molecule has 0 aromatic rings. The van der Waals surface area contributed by atoms with E-state index in [0.29, 0.717) is 5.41 Å². The second-order valence-corrected chi connectivity index (χ2v) is 5.68. The maximum absolute atomic E-state index is 3.62. The minimum Gasteiger partial charge on any atom is -0.316 e. The van der Waals surface area contributed by atoms with Gasteiger partial charge in [-0.05, 0) is 31.3 Å². The lowest BCUT2D eigenvalue weighted by molar-refractivity contribution is 0.338. The van der Waals surface area contributed by atoms with Crippen molar-refractivity contribution in [3.8, 4) is 0 Å². The van der Waals surface area contributed by atoms with Crippen LogP contribution in [-0.4, -0.2) is 26.2 Å². The van der Waals surface area contributed by atoms with Gasteiger partial charge in [-0.15, -0.1) is 0 Å². The van der Waals surface area contributed by atoms with Crippen LogP contribution in [0.1, 0.15) is 58.8 Å². The predicted octanol–water partition coefficient (Wildman–Crippen LogP) is 2.94. The van der Waals surface area contributed by atoms with E-state index in [1.807, 2.05) is 0 Å². The Morgan fingerprint density at radius 1 is 1.12 bits per heavy atom. The van der Waals surface area contributed by atoms with Gasteiger partial charge in [-0.1, -0.05) is 46.0 Å². The Bertz CT molecular complexity index is 162. The Morgan fingerprint density at radius 2 is 1.88 bits per heavy atom. The van der Waals surface area contributed by atoms with E-state index in [0.717, 1.165) is 0 Å². The van der Waals surface area contributed by atoms with Gasteiger partial charge < -0.3 is 10.6 Å². The van der Waals surface area contributed by atoms with E-state index < -0.39 is 0 Å². The molecule has 1 saturated heterocycles. The molecule has 1 rings (SSSR count).